The number of hydrogen-bond donors (Lipinski definition) is 2. The molecular weight excluding hydrogens is 388 g/mol. The minimum atomic E-state index is -0.129. The Labute approximate surface area is 174 Å². The average Bonchev–Trinajstić information content (AvgIpc) is 3.23. The van der Waals surface area contributed by atoms with Gasteiger partial charge in [0.25, 0.3) is 11.8 Å². The summed E-state index contributed by atoms with van der Waals surface area (Å²) >= 11 is 1.60. The summed E-state index contributed by atoms with van der Waals surface area (Å²) in [5, 5.41) is 11.3. The summed E-state index contributed by atoms with van der Waals surface area (Å²) in [4.78, 5) is 14.5. The van der Waals surface area contributed by atoms with Gasteiger partial charge in [0.15, 0.2) is 12.6 Å². The van der Waals surface area contributed by atoms with E-state index in [1.807, 2.05) is 68.8 Å². The molecule has 1 amide bonds. The fraction of sp³-hybridized carbons (Fsp3) is 0.286. The molecule has 1 heterocycles. The zero-order valence-corrected chi connectivity index (χ0v) is 17.7. The van der Waals surface area contributed by atoms with Crippen molar-refractivity contribution in [2.45, 2.75) is 17.9 Å². The van der Waals surface area contributed by atoms with Crippen LogP contribution in [0, 0.1) is 0 Å². The van der Waals surface area contributed by atoms with Gasteiger partial charge in [0.2, 0.25) is 5.89 Å². The number of nitrogens with one attached hydrogen (secondary N) is 2. The summed E-state index contributed by atoms with van der Waals surface area (Å²) in [7, 11) is 3.55. The summed E-state index contributed by atoms with van der Waals surface area (Å²) in [6.45, 7) is 2.24. The molecule has 8 heteroatoms. The van der Waals surface area contributed by atoms with Gasteiger partial charge in [0.05, 0.1) is 19.8 Å². The van der Waals surface area contributed by atoms with E-state index in [9.17, 15) is 4.79 Å². The third kappa shape index (κ3) is 5.16. The van der Waals surface area contributed by atoms with Crippen molar-refractivity contribution in [3.05, 3.63) is 54.4 Å². The van der Waals surface area contributed by atoms with Crippen molar-refractivity contribution in [2.75, 3.05) is 32.3 Å². The van der Waals surface area contributed by atoms with Gasteiger partial charge in [0.1, 0.15) is 5.75 Å². The van der Waals surface area contributed by atoms with Crippen LogP contribution in [-0.4, -0.2) is 43.1 Å². The van der Waals surface area contributed by atoms with E-state index in [4.69, 9.17) is 9.15 Å². The molecule has 1 aromatic heterocycles. The third-order valence-electron chi connectivity index (χ3n) is 4.71. The number of benzene rings is 2. The number of ether oxygens (including phenoxy) is 1. The zero-order chi connectivity index (χ0) is 20.8. The largest absolute Gasteiger partial charge is 0.497 e. The van der Waals surface area contributed by atoms with Crippen LogP contribution in [0.3, 0.4) is 0 Å². The highest BCUT2D eigenvalue weighted by atomic mass is 32.2. The first-order valence-electron chi connectivity index (χ1n) is 9.24. The van der Waals surface area contributed by atoms with Crippen molar-refractivity contribution in [2.24, 2.45) is 0 Å². The molecule has 3 aromatic rings. The molecular formula is C21H25N4O3S+. The SMILES string of the molecule is COc1ccc(-c2nnc([C@@H](C)[NH+](C)CC(=O)Nc3ccccc3SC)o2)cc1. The number of methoxy groups -OCH3 is 1. The maximum absolute atomic E-state index is 12.5. The van der Waals surface area contributed by atoms with Gasteiger partial charge in [-0.2, -0.15) is 0 Å². The molecule has 0 saturated heterocycles. The van der Waals surface area contributed by atoms with Crippen LogP contribution in [0.2, 0.25) is 0 Å². The Balaban J connectivity index is 1.63. The Bertz CT molecular complexity index is 959. The van der Waals surface area contributed by atoms with Gasteiger partial charge in [-0.3, -0.25) is 4.79 Å². The first-order valence-corrected chi connectivity index (χ1v) is 10.5. The highest BCUT2D eigenvalue weighted by Gasteiger charge is 2.24. The number of thioether (sulfide) groups is 1. The topological polar surface area (TPSA) is 81.7 Å². The van der Waals surface area contributed by atoms with Gasteiger partial charge in [-0.15, -0.1) is 22.0 Å². The molecule has 7 nitrogen and oxygen atoms in total. The number of carbonyl (C=O) groups excluding carboxylic acids is 1. The van der Waals surface area contributed by atoms with E-state index >= 15 is 0 Å². The smallest absolute Gasteiger partial charge is 0.279 e. The number of amides is 1. The average molecular weight is 414 g/mol. The molecule has 0 aliphatic rings. The molecule has 152 valence electrons. The van der Waals surface area contributed by atoms with Crippen LogP contribution < -0.4 is 15.0 Å². The van der Waals surface area contributed by atoms with Gasteiger partial charge in [0, 0.05) is 10.5 Å². The number of nitrogens with zero attached hydrogens (tertiary/aromatic N) is 2. The fourth-order valence-corrected chi connectivity index (χ4v) is 3.37. The van der Waals surface area contributed by atoms with E-state index in [2.05, 4.69) is 15.5 Å². The highest BCUT2D eigenvalue weighted by Crippen LogP contribution is 2.24. The predicted molar refractivity (Wildman–Crippen MR) is 113 cm³/mol. The van der Waals surface area contributed by atoms with Crippen LogP contribution >= 0.6 is 11.8 Å². The predicted octanol–water partition coefficient (Wildman–Crippen LogP) is 2.68. The minimum absolute atomic E-state index is 0.0641. The van der Waals surface area contributed by atoms with Crippen LogP contribution in [0.1, 0.15) is 18.9 Å². The molecule has 0 fully saturated rings. The molecule has 0 spiro atoms. The summed E-state index contributed by atoms with van der Waals surface area (Å²) in [6, 6.07) is 15.1. The van der Waals surface area contributed by atoms with E-state index in [0.29, 0.717) is 11.8 Å². The van der Waals surface area contributed by atoms with Gasteiger partial charge >= 0.3 is 0 Å². The quantitative estimate of drug-likeness (QED) is 0.553. The molecule has 0 radical (unpaired) electrons. The molecule has 2 aromatic carbocycles. The first kappa shape index (κ1) is 20.9. The number of para-hydroxylation sites is 1. The number of quaternary nitrogens is 1. The number of rotatable bonds is 8. The number of aromatic nitrogens is 2. The van der Waals surface area contributed by atoms with E-state index < -0.39 is 0 Å². The van der Waals surface area contributed by atoms with Crippen LogP contribution in [0.5, 0.6) is 5.75 Å². The van der Waals surface area contributed by atoms with Crippen molar-refractivity contribution >= 4 is 23.4 Å². The van der Waals surface area contributed by atoms with Crippen molar-refractivity contribution in [1.29, 1.82) is 0 Å². The van der Waals surface area contributed by atoms with Gasteiger partial charge in [-0.05, 0) is 49.6 Å². The molecule has 1 unspecified atom stereocenters. The van der Waals surface area contributed by atoms with Crippen molar-refractivity contribution in [1.82, 2.24) is 10.2 Å². The zero-order valence-electron chi connectivity index (χ0n) is 16.9. The molecule has 0 aliphatic carbocycles. The molecule has 3 rings (SSSR count). The van der Waals surface area contributed by atoms with E-state index in [1.54, 1.807) is 18.9 Å². The molecule has 0 bridgehead atoms. The lowest BCUT2D eigenvalue weighted by molar-refractivity contribution is -0.903. The Morgan fingerprint density at radius 1 is 1.21 bits per heavy atom. The van der Waals surface area contributed by atoms with Gasteiger partial charge in [-0.25, -0.2) is 0 Å². The fourth-order valence-electron chi connectivity index (χ4n) is 2.82. The van der Waals surface area contributed by atoms with Crippen LogP contribution in [-0.2, 0) is 4.79 Å². The van der Waals surface area contributed by atoms with Crippen molar-refractivity contribution < 1.29 is 18.8 Å². The molecule has 0 aliphatic heterocycles. The Morgan fingerprint density at radius 2 is 1.93 bits per heavy atom. The number of carbonyl (C=O) groups is 1. The van der Waals surface area contributed by atoms with E-state index in [1.165, 1.54) is 0 Å². The summed E-state index contributed by atoms with van der Waals surface area (Å²) in [5.41, 5.74) is 1.64. The maximum atomic E-state index is 12.5. The monoisotopic (exact) mass is 413 g/mol. The highest BCUT2D eigenvalue weighted by molar-refractivity contribution is 7.98. The van der Waals surface area contributed by atoms with Crippen LogP contribution in [0.4, 0.5) is 5.69 Å². The van der Waals surface area contributed by atoms with Crippen molar-refractivity contribution in [3.8, 4) is 17.2 Å². The normalized spacial score (nSPS) is 13.0. The second-order valence-corrected chi connectivity index (χ2v) is 7.52. The molecule has 29 heavy (non-hydrogen) atoms. The Morgan fingerprint density at radius 3 is 2.62 bits per heavy atom. The molecule has 2 atom stereocenters. The lowest BCUT2D eigenvalue weighted by Gasteiger charge is -2.18. The maximum Gasteiger partial charge on any atom is 0.279 e. The first-order chi connectivity index (χ1) is 14.0. The van der Waals surface area contributed by atoms with Crippen molar-refractivity contribution in [3.63, 3.8) is 0 Å². The number of likely N-dealkylation sites (N-methyl/N-ethyl adjacent to an activating group) is 1. The second kappa shape index (κ2) is 9.58. The van der Waals surface area contributed by atoms with Gasteiger partial charge < -0.3 is 19.4 Å². The summed E-state index contributed by atoms with van der Waals surface area (Å²) in [6.07, 6.45) is 1.99. The second-order valence-electron chi connectivity index (χ2n) is 6.67. The number of anilines is 1. The minimum Gasteiger partial charge on any atom is -0.497 e. The third-order valence-corrected chi connectivity index (χ3v) is 5.50. The van der Waals surface area contributed by atoms with E-state index in [-0.39, 0.29) is 18.5 Å². The van der Waals surface area contributed by atoms with Crippen LogP contribution in [0.15, 0.2) is 57.8 Å². The molecule has 2 N–H and O–H groups in total. The summed E-state index contributed by atoms with van der Waals surface area (Å²) < 4.78 is 11.0. The van der Waals surface area contributed by atoms with Crippen LogP contribution in [0.25, 0.3) is 11.5 Å². The summed E-state index contributed by atoms with van der Waals surface area (Å²) in [5.74, 6) is 1.64. The Kier molecular flexibility index (Phi) is 6.90. The standard InChI is InChI=1S/C21H24N4O3S/c1-14(20-23-24-21(28-20)15-9-11-16(27-3)12-10-15)25(2)13-19(26)22-17-7-5-6-8-18(17)29-4/h5-12,14H,13H2,1-4H3,(H,22,26)/p+1/t14-/m1/s1. The molecule has 0 saturated carbocycles. The number of hydrogen-bond acceptors (Lipinski definition) is 6. The lowest BCUT2D eigenvalue weighted by atomic mass is 10.2. The van der Waals surface area contributed by atoms with E-state index in [0.717, 1.165) is 26.8 Å². The lowest BCUT2D eigenvalue weighted by Crippen LogP contribution is -3.10. The van der Waals surface area contributed by atoms with Gasteiger partial charge in [-0.1, -0.05) is 12.1 Å². The Hall–Kier alpha value is -2.84.